The Morgan fingerprint density at radius 2 is 2.27 bits per heavy atom. The van der Waals surface area contributed by atoms with Crippen molar-refractivity contribution in [1.29, 1.82) is 0 Å². The Balaban J connectivity index is 2.11. The molecule has 1 unspecified atom stereocenters. The van der Waals surface area contributed by atoms with E-state index >= 15 is 0 Å². The van der Waals surface area contributed by atoms with Crippen molar-refractivity contribution in [3.8, 4) is 0 Å². The molecular formula is C14H20N4O3S. The van der Waals surface area contributed by atoms with E-state index in [0.29, 0.717) is 25.3 Å². The first-order chi connectivity index (χ1) is 10.5. The number of sulfone groups is 1. The van der Waals surface area contributed by atoms with Gasteiger partial charge >= 0.3 is 0 Å². The van der Waals surface area contributed by atoms with Crippen LogP contribution in [0.5, 0.6) is 0 Å². The SMILES string of the molecule is C=CCNC(=O)c1cnc(N(CC)C2CCS(=O)(=O)C2)cn1. The van der Waals surface area contributed by atoms with Crippen molar-refractivity contribution in [2.75, 3.05) is 29.5 Å². The maximum absolute atomic E-state index is 11.7. The Morgan fingerprint density at radius 3 is 2.77 bits per heavy atom. The molecule has 0 radical (unpaired) electrons. The van der Waals surface area contributed by atoms with Crippen molar-refractivity contribution in [3.05, 3.63) is 30.7 Å². The highest BCUT2D eigenvalue weighted by Crippen LogP contribution is 2.22. The van der Waals surface area contributed by atoms with Crippen molar-refractivity contribution >= 4 is 21.6 Å². The highest BCUT2D eigenvalue weighted by Gasteiger charge is 2.32. The van der Waals surface area contributed by atoms with Gasteiger partial charge in [-0.2, -0.15) is 0 Å². The Bertz CT molecular complexity index is 643. The predicted molar refractivity (Wildman–Crippen MR) is 84.6 cm³/mol. The molecule has 7 nitrogen and oxygen atoms in total. The minimum atomic E-state index is -2.95. The van der Waals surface area contributed by atoms with Crippen LogP contribution < -0.4 is 10.2 Å². The first-order valence-electron chi connectivity index (χ1n) is 7.15. The summed E-state index contributed by atoms with van der Waals surface area (Å²) in [5, 5.41) is 2.62. The van der Waals surface area contributed by atoms with Crippen molar-refractivity contribution < 1.29 is 13.2 Å². The molecule has 1 atom stereocenters. The molecule has 1 aromatic heterocycles. The Kier molecular flexibility index (Phi) is 5.12. The molecule has 22 heavy (non-hydrogen) atoms. The van der Waals surface area contributed by atoms with Crippen LogP contribution in [0.15, 0.2) is 25.0 Å². The third kappa shape index (κ3) is 3.82. The summed E-state index contributed by atoms with van der Waals surface area (Å²) in [6.07, 6.45) is 5.09. The van der Waals surface area contributed by atoms with Crippen LogP contribution in [-0.4, -0.2) is 54.9 Å². The molecule has 0 saturated carbocycles. The minimum absolute atomic E-state index is 0.0789. The summed E-state index contributed by atoms with van der Waals surface area (Å²) in [6, 6.07) is -0.0789. The lowest BCUT2D eigenvalue weighted by Crippen LogP contribution is -2.37. The van der Waals surface area contributed by atoms with Crippen molar-refractivity contribution in [2.24, 2.45) is 0 Å². The van der Waals surface area contributed by atoms with Gasteiger partial charge in [0.2, 0.25) is 0 Å². The van der Waals surface area contributed by atoms with E-state index < -0.39 is 9.84 Å². The second-order valence-electron chi connectivity index (χ2n) is 5.10. The molecule has 120 valence electrons. The topological polar surface area (TPSA) is 92.3 Å². The molecule has 8 heteroatoms. The number of anilines is 1. The lowest BCUT2D eigenvalue weighted by molar-refractivity contribution is 0.0952. The molecule has 2 heterocycles. The number of amides is 1. The van der Waals surface area contributed by atoms with Gasteiger partial charge in [-0.15, -0.1) is 6.58 Å². The summed E-state index contributed by atoms with van der Waals surface area (Å²) >= 11 is 0. The fraction of sp³-hybridized carbons (Fsp3) is 0.500. The zero-order valence-corrected chi connectivity index (χ0v) is 13.3. The molecule has 0 spiro atoms. The molecule has 1 aromatic rings. The van der Waals surface area contributed by atoms with Crippen molar-refractivity contribution in [3.63, 3.8) is 0 Å². The number of carbonyl (C=O) groups excluding carboxylic acids is 1. The molecule has 1 fully saturated rings. The Morgan fingerprint density at radius 1 is 1.50 bits per heavy atom. The van der Waals surface area contributed by atoms with Crippen molar-refractivity contribution in [1.82, 2.24) is 15.3 Å². The lowest BCUT2D eigenvalue weighted by Gasteiger charge is -2.27. The standard InChI is InChI=1S/C14H20N4O3S/c1-3-6-15-14(19)12-8-17-13(9-16-12)18(4-2)11-5-7-22(20,21)10-11/h3,8-9,11H,1,4-7,10H2,2H3,(H,15,19). The molecule has 1 amide bonds. The van der Waals surface area contributed by atoms with E-state index in [-0.39, 0.29) is 29.1 Å². The maximum Gasteiger partial charge on any atom is 0.271 e. The predicted octanol–water partition coefficient (Wildman–Crippen LogP) is 0.406. The van der Waals surface area contributed by atoms with Gasteiger partial charge in [0.05, 0.1) is 23.9 Å². The average molecular weight is 324 g/mol. The van der Waals surface area contributed by atoms with Crippen LogP contribution in [0, 0.1) is 0 Å². The molecule has 0 aliphatic carbocycles. The molecule has 1 N–H and O–H groups in total. The summed E-state index contributed by atoms with van der Waals surface area (Å²) in [4.78, 5) is 22.0. The van der Waals surface area contributed by atoms with Crippen LogP contribution in [0.3, 0.4) is 0 Å². The normalized spacial score (nSPS) is 19.6. The Hall–Kier alpha value is -1.96. The van der Waals surface area contributed by atoms with E-state index in [1.54, 1.807) is 6.08 Å². The van der Waals surface area contributed by atoms with Gasteiger partial charge in [-0.05, 0) is 13.3 Å². The van der Waals surface area contributed by atoms with Gasteiger partial charge < -0.3 is 10.2 Å². The van der Waals surface area contributed by atoms with Gasteiger partial charge in [0.15, 0.2) is 9.84 Å². The second kappa shape index (κ2) is 6.87. The van der Waals surface area contributed by atoms with Crippen LogP contribution in [0.1, 0.15) is 23.8 Å². The average Bonchev–Trinajstić information content (AvgIpc) is 2.86. The number of hydrogen-bond donors (Lipinski definition) is 1. The molecule has 0 bridgehead atoms. The van der Waals surface area contributed by atoms with Gasteiger partial charge in [-0.25, -0.2) is 18.4 Å². The van der Waals surface area contributed by atoms with E-state index in [1.165, 1.54) is 12.4 Å². The van der Waals surface area contributed by atoms with Crippen LogP contribution in [0.2, 0.25) is 0 Å². The fourth-order valence-electron chi connectivity index (χ4n) is 2.47. The summed E-state index contributed by atoms with van der Waals surface area (Å²) in [5.41, 5.74) is 0.223. The van der Waals surface area contributed by atoms with E-state index in [2.05, 4.69) is 21.9 Å². The zero-order valence-electron chi connectivity index (χ0n) is 12.5. The number of nitrogens with one attached hydrogen (secondary N) is 1. The van der Waals surface area contributed by atoms with Crippen LogP contribution in [0.25, 0.3) is 0 Å². The number of rotatable bonds is 6. The molecule has 0 aromatic carbocycles. The van der Waals surface area contributed by atoms with E-state index in [1.807, 2.05) is 11.8 Å². The van der Waals surface area contributed by atoms with Gasteiger partial charge in [0.1, 0.15) is 11.5 Å². The largest absolute Gasteiger partial charge is 0.352 e. The zero-order chi connectivity index (χ0) is 16.2. The fourth-order valence-corrected chi connectivity index (χ4v) is 4.20. The van der Waals surface area contributed by atoms with E-state index in [9.17, 15) is 13.2 Å². The molecule has 1 aliphatic heterocycles. The molecular weight excluding hydrogens is 304 g/mol. The molecule has 2 rings (SSSR count). The molecule has 1 aliphatic rings. The highest BCUT2D eigenvalue weighted by atomic mass is 32.2. The van der Waals surface area contributed by atoms with Crippen LogP contribution >= 0.6 is 0 Å². The smallest absolute Gasteiger partial charge is 0.271 e. The molecule has 1 saturated heterocycles. The Labute approximate surface area is 130 Å². The number of nitrogens with zero attached hydrogens (tertiary/aromatic N) is 3. The first-order valence-corrected chi connectivity index (χ1v) is 8.97. The third-order valence-electron chi connectivity index (χ3n) is 3.56. The lowest BCUT2D eigenvalue weighted by atomic mass is 10.2. The summed E-state index contributed by atoms with van der Waals surface area (Å²) in [6.45, 7) is 6.47. The van der Waals surface area contributed by atoms with Crippen molar-refractivity contribution in [2.45, 2.75) is 19.4 Å². The van der Waals surface area contributed by atoms with Gasteiger partial charge in [0.25, 0.3) is 5.91 Å². The van der Waals surface area contributed by atoms with Gasteiger partial charge in [-0.3, -0.25) is 4.79 Å². The maximum atomic E-state index is 11.7. The summed E-state index contributed by atoms with van der Waals surface area (Å²) in [5.74, 6) is 0.628. The van der Waals surface area contributed by atoms with Gasteiger partial charge in [-0.1, -0.05) is 6.08 Å². The third-order valence-corrected chi connectivity index (χ3v) is 5.31. The summed E-state index contributed by atoms with van der Waals surface area (Å²) < 4.78 is 23.2. The van der Waals surface area contributed by atoms with E-state index in [0.717, 1.165) is 0 Å². The quantitative estimate of drug-likeness (QED) is 0.762. The minimum Gasteiger partial charge on any atom is -0.352 e. The number of hydrogen-bond acceptors (Lipinski definition) is 6. The number of aromatic nitrogens is 2. The number of carbonyl (C=O) groups is 1. The monoisotopic (exact) mass is 324 g/mol. The van der Waals surface area contributed by atoms with Crippen LogP contribution in [-0.2, 0) is 9.84 Å². The first kappa shape index (κ1) is 16.4. The van der Waals surface area contributed by atoms with Crippen LogP contribution in [0.4, 0.5) is 5.82 Å². The summed E-state index contributed by atoms with van der Waals surface area (Å²) in [7, 11) is -2.95. The van der Waals surface area contributed by atoms with E-state index in [4.69, 9.17) is 0 Å². The highest BCUT2D eigenvalue weighted by molar-refractivity contribution is 7.91. The van der Waals surface area contributed by atoms with Gasteiger partial charge in [0, 0.05) is 19.1 Å². The second-order valence-corrected chi connectivity index (χ2v) is 7.33.